The van der Waals surface area contributed by atoms with Crippen LogP contribution in [-0.4, -0.2) is 31.3 Å². The summed E-state index contributed by atoms with van der Waals surface area (Å²) < 4.78 is 0. The van der Waals surface area contributed by atoms with Crippen molar-refractivity contribution in [1.29, 1.82) is 0 Å². The number of nitrogens with two attached hydrogens (primary N) is 1. The van der Waals surface area contributed by atoms with Crippen LogP contribution in [0.3, 0.4) is 0 Å². The summed E-state index contributed by atoms with van der Waals surface area (Å²) in [6, 6.07) is 5.72. The van der Waals surface area contributed by atoms with Gasteiger partial charge in [-0.25, -0.2) is 5.10 Å². The Morgan fingerprint density at radius 1 is 1.57 bits per heavy atom. The SMILES string of the molecule is C[C@@H](Sc1n[nH]c(N)n1)C(=O)Nc1cccc([N+](=O)[O-])c1. The van der Waals surface area contributed by atoms with Crippen LogP contribution >= 0.6 is 11.8 Å². The first kappa shape index (κ1) is 14.8. The summed E-state index contributed by atoms with van der Waals surface area (Å²) in [6.45, 7) is 1.67. The molecule has 1 aromatic heterocycles. The molecule has 4 N–H and O–H groups in total. The third kappa shape index (κ3) is 3.92. The lowest BCUT2D eigenvalue weighted by molar-refractivity contribution is -0.384. The van der Waals surface area contributed by atoms with Crippen molar-refractivity contribution in [2.45, 2.75) is 17.3 Å². The van der Waals surface area contributed by atoms with E-state index in [-0.39, 0.29) is 17.5 Å². The highest BCUT2D eigenvalue weighted by atomic mass is 32.2. The third-order valence-corrected chi connectivity index (χ3v) is 3.42. The van der Waals surface area contributed by atoms with Crippen LogP contribution in [0.4, 0.5) is 17.3 Å². The van der Waals surface area contributed by atoms with Crippen molar-refractivity contribution in [3.63, 3.8) is 0 Å². The molecule has 10 heteroatoms. The zero-order valence-corrected chi connectivity index (χ0v) is 11.8. The molecule has 0 fully saturated rings. The van der Waals surface area contributed by atoms with Gasteiger partial charge in [0.2, 0.25) is 17.0 Å². The van der Waals surface area contributed by atoms with Gasteiger partial charge in [-0.3, -0.25) is 14.9 Å². The fraction of sp³-hybridized carbons (Fsp3) is 0.182. The number of nitro groups is 1. The van der Waals surface area contributed by atoms with Crippen LogP contribution < -0.4 is 11.1 Å². The van der Waals surface area contributed by atoms with Crippen LogP contribution in [0.15, 0.2) is 29.4 Å². The van der Waals surface area contributed by atoms with Crippen LogP contribution in [0.5, 0.6) is 0 Å². The van der Waals surface area contributed by atoms with Crippen molar-refractivity contribution in [3.05, 3.63) is 34.4 Å². The molecule has 1 aromatic carbocycles. The summed E-state index contributed by atoms with van der Waals surface area (Å²) in [5.74, 6) is -0.146. The summed E-state index contributed by atoms with van der Waals surface area (Å²) in [5.41, 5.74) is 5.66. The maximum absolute atomic E-state index is 12.0. The molecule has 2 rings (SSSR count). The lowest BCUT2D eigenvalue weighted by atomic mass is 10.2. The van der Waals surface area contributed by atoms with Crippen molar-refractivity contribution >= 4 is 35.0 Å². The van der Waals surface area contributed by atoms with Crippen molar-refractivity contribution in [1.82, 2.24) is 15.2 Å². The van der Waals surface area contributed by atoms with E-state index < -0.39 is 10.2 Å². The molecule has 0 spiro atoms. The molecule has 0 radical (unpaired) electrons. The Hall–Kier alpha value is -2.62. The molecule has 0 saturated heterocycles. The van der Waals surface area contributed by atoms with Gasteiger partial charge in [0.1, 0.15) is 0 Å². The molecular formula is C11H12N6O3S. The predicted molar refractivity (Wildman–Crippen MR) is 77.8 cm³/mol. The molecule has 0 bridgehead atoms. The molecule has 0 aliphatic heterocycles. The largest absolute Gasteiger partial charge is 0.368 e. The molecule has 21 heavy (non-hydrogen) atoms. The number of thioether (sulfide) groups is 1. The lowest BCUT2D eigenvalue weighted by Gasteiger charge is -2.09. The highest BCUT2D eigenvalue weighted by molar-refractivity contribution is 8.00. The number of hydrogen-bond donors (Lipinski definition) is 3. The summed E-state index contributed by atoms with van der Waals surface area (Å²) in [7, 11) is 0. The Kier molecular flexibility index (Phi) is 4.38. The number of aromatic nitrogens is 3. The molecule has 0 saturated carbocycles. The molecule has 1 amide bonds. The number of rotatable bonds is 5. The van der Waals surface area contributed by atoms with E-state index in [4.69, 9.17) is 5.73 Å². The van der Waals surface area contributed by atoms with Crippen molar-refractivity contribution < 1.29 is 9.72 Å². The summed E-state index contributed by atoms with van der Waals surface area (Å²) >= 11 is 1.12. The minimum atomic E-state index is -0.524. The van der Waals surface area contributed by atoms with Gasteiger partial charge in [0.15, 0.2) is 0 Å². The maximum Gasteiger partial charge on any atom is 0.271 e. The van der Waals surface area contributed by atoms with Crippen molar-refractivity contribution in [2.24, 2.45) is 0 Å². The quantitative estimate of drug-likeness (QED) is 0.431. The number of nitrogen functional groups attached to an aromatic ring is 1. The van der Waals surface area contributed by atoms with Gasteiger partial charge in [-0.1, -0.05) is 17.8 Å². The van der Waals surface area contributed by atoms with E-state index in [1.165, 1.54) is 18.2 Å². The molecule has 0 aliphatic carbocycles. The number of carbonyl (C=O) groups is 1. The van der Waals surface area contributed by atoms with Gasteiger partial charge in [0.05, 0.1) is 10.2 Å². The Bertz CT molecular complexity index is 673. The predicted octanol–water partition coefficient (Wildman–Crippen LogP) is 1.41. The van der Waals surface area contributed by atoms with Crippen molar-refractivity contribution in [3.8, 4) is 0 Å². The molecule has 1 heterocycles. The molecule has 0 unspecified atom stereocenters. The van der Waals surface area contributed by atoms with Gasteiger partial charge in [-0.15, -0.1) is 5.10 Å². The van der Waals surface area contributed by atoms with Crippen LogP contribution in [0, 0.1) is 10.1 Å². The van der Waals surface area contributed by atoms with Gasteiger partial charge in [-0.05, 0) is 13.0 Å². The van der Waals surface area contributed by atoms with E-state index in [1.807, 2.05) is 0 Å². The Morgan fingerprint density at radius 3 is 2.95 bits per heavy atom. The number of anilines is 2. The van der Waals surface area contributed by atoms with Gasteiger partial charge < -0.3 is 11.1 Å². The highest BCUT2D eigenvalue weighted by Crippen LogP contribution is 2.22. The second kappa shape index (κ2) is 6.22. The summed E-state index contributed by atoms with van der Waals surface area (Å²) in [4.78, 5) is 26.0. The normalized spacial score (nSPS) is 11.9. The number of nitrogens with one attached hydrogen (secondary N) is 2. The number of benzene rings is 1. The zero-order valence-electron chi connectivity index (χ0n) is 10.9. The van der Waals surface area contributed by atoms with E-state index in [9.17, 15) is 14.9 Å². The molecule has 9 nitrogen and oxygen atoms in total. The van der Waals surface area contributed by atoms with Gasteiger partial charge in [-0.2, -0.15) is 4.98 Å². The molecule has 0 aliphatic rings. The number of H-pyrrole nitrogens is 1. The average Bonchev–Trinajstić information content (AvgIpc) is 2.84. The number of aromatic amines is 1. The molecule has 2 aromatic rings. The first-order valence-electron chi connectivity index (χ1n) is 5.85. The fourth-order valence-corrected chi connectivity index (χ4v) is 2.20. The van der Waals surface area contributed by atoms with Gasteiger partial charge in [0, 0.05) is 17.8 Å². The Balaban J connectivity index is 2.00. The average molecular weight is 308 g/mol. The van der Waals surface area contributed by atoms with Crippen LogP contribution in [0.2, 0.25) is 0 Å². The second-order valence-corrected chi connectivity index (χ2v) is 5.37. The number of nitrogens with zero attached hydrogens (tertiary/aromatic N) is 3. The standard InChI is InChI=1S/C11H12N6O3S/c1-6(21-11-14-10(12)15-16-11)9(18)13-7-3-2-4-8(5-7)17(19)20/h2-6H,1H3,(H,13,18)(H3,12,14,15,16)/t6-/m1/s1. The number of hydrogen-bond acceptors (Lipinski definition) is 7. The van der Waals surface area contributed by atoms with Crippen molar-refractivity contribution in [2.75, 3.05) is 11.1 Å². The topological polar surface area (TPSA) is 140 Å². The van der Waals surface area contributed by atoms with E-state index in [0.717, 1.165) is 11.8 Å². The van der Waals surface area contributed by atoms with Crippen LogP contribution in [0.1, 0.15) is 6.92 Å². The Morgan fingerprint density at radius 2 is 2.33 bits per heavy atom. The van der Waals surface area contributed by atoms with E-state index >= 15 is 0 Å². The minimum absolute atomic E-state index is 0.0881. The first-order valence-corrected chi connectivity index (χ1v) is 6.73. The van der Waals surface area contributed by atoms with Gasteiger partial charge in [0.25, 0.3) is 5.69 Å². The number of carbonyl (C=O) groups excluding carboxylic acids is 1. The van der Waals surface area contributed by atoms with E-state index in [0.29, 0.717) is 10.8 Å². The fourth-order valence-electron chi connectivity index (χ4n) is 1.46. The third-order valence-electron chi connectivity index (χ3n) is 2.46. The van der Waals surface area contributed by atoms with Crippen LogP contribution in [0.25, 0.3) is 0 Å². The number of nitro benzene ring substituents is 1. The van der Waals surface area contributed by atoms with Crippen LogP contribution in [-0.2, 0) is 4.79 Å². The minimum Gasteiger partial charge on any atom is -0.368 e. The number of non-ortho nitro benzene ring substituents is 1. The zero-order chi connectivity index (χ0) is 15.4. The Labute approximate surface area is 123 Å². The molecule has 110 valence electrons. The molecular weight excluding hydrogens is 296 g/mol. The first-order chi connectivity index (χ1) is 9.95. The van der Waals surface area contributed by atoms with E-state index in [2.05, 4.69) is 20.5 Å². The number of amides is 1. The summed E-state index contributed by atoms with van der Waals surface area (Å²) in [5, 5.41) is 19.4. The summed E-state index contributed by atoms with van der Waals surface area (Å²) in [6.07, 6.45) is 0. The molecule has 1 atom stereocenters. The van der Waals surface area contributed by atoms with Gasteiger partial charge >= 0.3 is 0 Å². The van der Waals surface area contributed by atoms with E-state index in [1.54, 1.807) is 13.0 Å². The monoisotopic (exact) mass is 308 g/mol. The highest BCUT2D eigenvalue weighted by Gasteiger charge is 2.17. The second-order valence-electron chi connectivity index (χ2n) is 4.06. The lowest BCUT2D eigenvalue weighted by Crippen LogP contribution is -2.22. The smallest absolute Gasteiger partial charge is 0.271 e. The maximum atomic E-state index is 12.0.